The topological polar surface area (TPSA) is 75.6 Å². The van der Waals surface area contributed by atoms with Crippen molar-refractivity contribution in [3.8, 4) is 5.75 Å². The molecule has 0 aliphatic carbocycles. The molecule has 0 saturated heterocycles. The quantitative estimate of drug-likeness (QED) is 0.874. The van der Waals surface area contributed by atoms with E-state index in [-0.39, 0.29) is 11.3 Å². The number of benzene rings is 1. The van der Waals surface area contributed by atoms with Crippen molar-refractivity contribution in [1.29, 1.82) is 0 Å². The van der Waals surface area contributed by atoms with Crippen LogP contribution in [0.5, 0.6) is 5.75 Å². The van der Waals surface area contributed by atoms with Gasteiger partial charge in [0.25, 0.3) is 0 Å². The zero-order chi connectivity index (χ0) is 14.6. The van der Waals surface area contributed by atoms with Crippen molar-refractivity contribution in [2.75, 3.05) is 7.11 Å². The first-order chi connectivity index (χ1) is 8.75. The average Bonchev–Trinajstić information content (AvgIpc) is 2.34. The van der Waals surface area contributed by atoms with Crippen LogP contribution in [0.15, 0.2) is 24.3 Å². The van der Waals surface area contributed by atoms with E-state index in [4.69, 9.17) is 9.84 Å². The minimum atomic E-state index is -5.15. The highest BCUT2D eigenvalue weighted by Crippen LogP contribution is 2.22. The van der Waals surface area contributed by atoms with Gasteiger partial charge in [0.05, 0.1) is 7.11 Å². The molecule has 1 atom stereocenters. The van der Waals surface area contributed by atoms with E-state index in [0.29, 0.717) is 0 Å². The third-order valence-corrected chi connectivity index (χ3v) is 2.21. The first kappa shape index (κ1) is 14.8. The zero-order valence-corrected chi connectivity index (χ0v) is 9.69. The standard InChI is InChI=1S/C11H10F3NO4/c1-19-7-4-2-3-6(5-7)8(9(16)17)15-10(18)11(12,13)14/h2-5,8H,1H3,(H,15,18)(H,16,17)/t8-/m0/s1. The van der Waals surface area contributed by atoms with Crippen molar-refractivity contribution in [1.82, 2.24) is 5.32 Å². The number of hydrogen-bond donors (Lipinski definition) is 2. The Morgan fingerprint density at radius 3 is 2.47 bits per heavy atom. The number of alkyl halides is 3. The fraction of sp³-hybridized carbons (Fsp3) is 0.273. The van der Waals surface area contributed by atoms with Crippen LogP contribution in [-0.2, 0) is 9.59 Å². The normalized spacial score (nSPS) is 12.6. The molecule has 0 heterocycles. The number of hydrogen-bond acceptors (Lipinski definition) is 3. The van der Waals surface area contributed by atoms with E-state index in [9.17, 15) is 22.8 Å². The minimum Gasteiger partial charge on any atom is -0.497 e. The van der Waals surface area contributed by atoms with Gasteiger partial charge in [-0.05, 0) is 17.7 Å². The number of carbonyl (C=O) groups excluding carboxylic acids is 1. The van der Waals surface area contributed by atoms with Gasteiger partial charge in [-0.25, -0.2) is 4.79 Å². The Morgan fingerprint density at radius 2 is 2.00 bits per heavy atom. The van der Waals surface area contributed by atoms with Crippen molar-refractivity contribution in [2.24, 2.45) is 0 Å². The molecule has 5 nitrogen and oxygen atoms in total. The lowest BCUT2D eigenvalue weighted by atomic mass is 10.1. The van der Waals surface area contributed by atoms with Gasteiger partial charge in [-0.3, -0.25) is 4.79 Å². The summed E-state index contributed by atoms with van der Waals surface area (Å²) in [7, 11) is 1.32. The Labute approximate surface area is 106 Å². The van der Waals surface area contributed by atoms with E-state index in [0.717, 1.165) is 0 Å². The van der Waals surface area contributed by atoms with Gasteiger partial charge in [0.2, 0.25) is 0 Å². The van der Waals surface area contributed by atoms with Crippen LogP contribution in [0.3, 0.4) is 0 Å². The minimum absolute atomic E-state index is 0.0237. The lowest BCUT2D eigenvalue weighted by Gasteiger charge is -2.16. The third-order valence-electron chi connectivity index (χ3n) is 2.21. The number of halogens is 3. The van der Waals surface area contributed by atoms with Crippen molar-refractivity contribution >= 4 is 11.9 Å². The molecule has 8 heteroatoms. The van der Waals surface area contributed by atoms with Crippen LogP contribution in [0.25, 0.3) is 0 Å². The molecule has 0 aliphatic heterocycles. The van der Waals surface area contributed by atoms with Crippen LogP contribution in [0.2, 0.25) is 0 Å². The predicted octanol–water partition coefficient (Wildman–Crippen LogP) is 1.50. The predicted molar refractivity (Wildman–Crippen MR) is 57.6 cm³/mol. The van der Waals surface area contributed by atoms with Gasteiger partial charge in [-0.1, -0.05) is 12.1 Å². The number of methoxy groups -OCH3 is 1. The second-order valence-electron chi connectivity index (χ2n) is 3.52. The van der Waals surface area contributed by atoms with E-state index in [2.05, 4.69) is 0 Å². The van der Waals surface area contributed by atoms with Crippen LogP contribution in [0.1, 0.15) is 11.6 Å². The maximum atomic E-state index is 12.1. The molecule has 0 saturated carbocycles. The van der Waals surface area contributed by atoms with Gasteiger partial charge >= 0.3 is 18.1 Å². The Hall–Kier alpha value is -2.25. The zero-order valence-electron chi connectivity index (χ0n) is 9.69. The average molecular weight is 277 g/mol. The number of aliphatic carboxylic acids is 1. The summed E-state index contributed by atoms with van der Waals surface area (Å²) in [6.45, 7) is 0. The summed E-state index contributed by atoms with van der Waals surface area (Å²) in [5, 5.41) is 10.3. The lowest BCUT2D eigenvalue weighted by Crippen LogP contribution is -2.41. The summed E-state index contributed by atoms with van der Waals surface area (Å²) in [4.78, 5) is 21.7. The highest BCUT2D eigenvalue weighted by Gasteiger charge is 2.41. The van der Waals surface area contributed by atoms with Gasteiger partial charge in [-0.15, -0.1) is 0 Å². The van der Waals surface area contributed by atoms with E-state index in [1.807, 2.05) is 0 Å². The molecule has 1 amide bonds. The van der Waals surface area contributed by atoms with Gasteiger partial charge in [0.15, 0.2) is 6.04 Å². The molecular weight excluding hydrogens is 267 g/mol. The van der Waals surface area contributed by atoms with Crippen molar-refractivity contribution in [2.45, 2.75) is 12.2 Å². The molecule has 0 spiro atoms. The van der Waals surface area contributed by atoms with Crippen LogP contribution in [-0.4, -0.2) is 30.3 Å². The lowest BCUT2D eigenvalue weighted by molar-refractivity contribution is -0.175. The van der Waals surface area contributed by atoms with E-state index < -0.39 is 24.1 Å². The Kier molecular flexibility index (Phi) is 4.36. The molecule has 0 radical (unpaired) electrons. The van der Waals surface area contributed by atoms with Gasteiger partial charge in [0, 0.05) is 0 Å². The van der Waals surface area contributed by atoms with Gasteiger partial charge in [-0.2, -0.15) is 13.2 Å². The van der Waals surface area contributed by atoms with E-state index in [1.165, 1.54) is 36.7 Å². The number of carboxylic acids is 1. The number of carbonyl (C=O) groups is 2. The monoisotopic (exact) mass is 277 g/mol. The maximum absolute atomic E-state index is 12.1. The summed E-state index contributed by atoms with van der Waals surface area (Å²) in [6, 6.07) is 3.61. The molecule has 0 fully saturated rings. The first-order valence-corrected chi connectivity index (χ1v) is 5.00. The highest BCUT2D eigenvalue weighted by atomic mass is 19.4. The molecule has 104 valence electrons. The van der Waals surface area contributed by atoms with Crippen LogP contribution in [0.4, 0.5) is 13.2 Å². The summed E-state index contributed by atoms with van der Waals surface area (Å²) in [5.41, 5.74) is -0.0237. The second-order valence-corrected chi connectivity index (χ2v) is 3.52. The molecule has 0 aliphatic rings. The molecule has 1 aromatic rings. The fourth-order valence-corrected chi connectivity index (χ4v) is 1.32. The summed E-state index contributed by atoms with van der Waals surface area (Å²) >= 11 is 0. The molecule has 2 N–H and O–H groups in total. The largest absolute Gasteiger partial charge is 0.497 e. The van der Waals surface area contributed by atoms with Crippen molar-refractivity contribution in [3.05, 3.63) is 29.8 Å². The van der Waals surface area contributed by atoms with Gasteiger partial charge in [0.1, 0.15) is 5.75 Å². The summed E-state index contributed by atoms with van der Waals surface area (Å²) < 4.78 is 41.1. The first-order valence-electron chi connectivity index (χ1n) is 5.00. The number of ether oxygens (including phenoxy) is 1. The van der Waals surface area contributed by atoms with Crippen molar-refractivity contribution < 1.29 is 32.6 Å². The van der Waals surface area contributed by atoms with Crippen LogP contribution in [0, 0.1) is 0 Å². The molecule has 1 aromatic carbocycles. The highest BCUT2D eigenvalue weighted by molar-refractivity contribution is 5.87. The number of nitrogens with one attached hydrogen (secondary N) is 1. The summed E-state index contributed by atoms with van der Waals surface area (Å²) in [6.07, 6.45) is -5.15. The fourth-order valence-electron chi connectivity index (χ4n) is 1.32. The third kappa shape index (κ3) is 3.87. The molecular formula is C11H10F3NO4. The Bertz CT molecular complexity index is 487. The van der Waals surface area contributed by atoms with Crippen LogP contribution < -0.4 is 10.1 Å². The number of rotatable bonds is 4. The molecule has 0 bridgehead atoms. The second kappa shape index (κ2) is 5.59. The van der Waals surface area contributed by atoms with E-state index in [1.54, 1.807) is 0 Å². The Balaban J connectivity index is 3.01. The molecule has 0 aromatic heterocycles. The Morgan fingerprint density at radius 1 is 1.37 bits per heavy atom. The number of amides is 1. The number of carboxylic acid groups (broad SMARTS) is 1. The van der Waals surface area contributed by atoms with Crippen molar-refractivity contribution in [3.63, 3.8) is 0 Å². The SMILES string of the molecule is COc1cccc([C@H](NC(=O)C(F)(F)F)C(=O)O)c1. The molecule has 19 heavy (non-hydrogen) atoms. The van der Waals surface area contributed by atoms with Crippen LogP contribution >= 0.6 is 0 Å². The smallest absolute Gasteiger partial charge is 0.471 e. The molecule has 0 unspecified atom stereocenters. The molecule has 1 rings (SSSR count). The van der Waals surface area contributed by atoms with Gasteiger partial charge < -0.3 is 15.2 Å². The van der Waals surface area contributed by atoms with E-state index >= 15 is 0 Å². The summed E-state index contributed by atoms with van der Waals surface area (Å²) in [5.74, 6) is -3.65. The maximum Gasteiger partial charge on any atom is 0.471 e.